The molecular formula is C25H20N6O3S. The number of anilines is 2. The molecule has 0 unspecified atom stereocenters. The summed E-state index contributed by atoms with van der Waals surface area (Å²) in [5.74, 6) is -0.263. The zero-order chi connectivity index (χ0) is 24.4. The lowest BCUT2D eigenvalue weighted by molar-refractivity contribution is -0.117. The van der Waals surface area contributed by atoms with Crippen molar-refractivity contribution in [2.24, 2.45) is 5.92 Å². The van der Waals surface area contributed by atoms with Crippen LogP contribution in [0.3, 0.4) is 0 Å². The van der Waals surface area contributed by atoms with Gasteiger partial charge >= 0.3 is 0 Å². The van der Waals surface area contributed by atoms with Crippen molar-refractivity contribution in [3.63, 3.8) is 0 Å². The molecule has 1 aliphatic rings. The Bertz CT molecular complexity index is 1550. The van der Waals surface area contributed by atoms with E-state index in [1.54, 1.807) is 30.6 Å². The smallest absolute Gasteiger partial charge is 0.264 e. The molecule has 2 aromatic carbocycles. The van der Waals surface area contributed by atoms with Crippen LogP contribution in [0.2, 0.25) is 0 Å². The molecule has 35 heavy (non-hydrogen) atoms. The Labute approximate surface area is 201 Å². The Morgan fingerprint density at radius 2 is 1.86 bits per heavy atom. The normalized spacial score (nSPS) is 16.9. The molecule has 0 bridgehead atoms. The van der Waals surface area contributed by atoms with Crippen LogP contribution in [0.5, 0.6) is 0 Å². The number of hydrogen-bond acceptors (Lipinski definition) is 7. The third kappa shape index (κ3) is 4.81. The molecule has 1 amide bonds. The fourth-order valence-electron chi connectivity index (χ4n) is 4.04. The highest BCUT2D eigenvalue weighted by Gasteiger charge is 2.44. The minimum Gasteiger partial charge on any atom is -0.326 e. The van der Waals surface area contributed by atoms with E-state index in [-0.39, 0.29) is 35.0 Å². The number of sulfonamides is 1. The highest BCUT2D eigenvalue weighted by Crippen LogP contribution is 2.48. The number of nitriles is 1. The highest BCUT2D eigenvalue weighted by atomic mass is 32.2. The Hall–Kier alpha value is -4.36. The number of amides is 1. The van der Waals surface area contributed by atoms with Crippen LogP contribution in [0.15, 0.2) is 78.2 Å². The second kappa shape index (κ2) is 9.12. The molecule has 0 aliphatic heterocycles. The zero-order valence-corrected chi connectivity index (χ0v) is 19.2. The monoisotopic (exact) mass is 484 g/mol. The SMILES string of the molecule is N#CCc1cncc2ccc(NC(=O)[C@@H]3C[C@H]3c3ccc(S(=O)(=O)Nc4ncccn4)cc3)cc12. The Morgan fingerprint density at radius 1 is 1.09 bits per heavy atom. The van der Waals surface area contributed by atoms with Gasteiger partial charge in [0.25, 0.3) is 10.0 Å². The number of benzene rings is 2. The van der Waals surface area contributed by atoms with E-state index in [1.807, 2.05) is 18.2 Å². The second-order valence-electron chi connectivity index (χ2n) is 8.25. The molecule has 174 valence electrons. The molecule has 2 heterocycles. The van der Waals surface area contributed by atoms with Crippen LogP contribution in [0, 0.1) is 17.2 Å². The number of fused-ring (bicyclic) bond motifs is 1. The van der Waals surface area contributed by atoms with Gasteiger partial charge in [0, 0.05) is 41.8 Å². The Kier molecular flexibility index (Phi) is 5.84. The summed E-state index contributed by atoms with van der Waals surface area (Å²) in [5.41, 5.74) is 2.38. The van der Waals surface area contributed by atoms with Crippen LogP contribution in [0.25, 0.3) is 10.8 Å². The molecule has 0 radical (unpaired) electrons. The minimum atomic E-state index is -3.81. The van der Waals surface area contributed by atoms with Gasteiger partial charge in [0.1, 0.15) is 0 Å². The van der Waals surface area contributed by atoms with Crippen LogP contribution in [0.4, 0.5) is 11.6 Å². The maximum atomic E-state index is 12.8. The minimum absolute atomic E-state index is 0.000188. The van der Waals surface area contributed by atoms with Crippen LogP contribution in [-0.4, -0.2) is 29.3 Å². The van der Waals surface area contributed by atoms with E-state index in [2.05, 4.69) is 31.1 Å². The first-order chi connectivity index (χ1) is 16.9. The van der Waals surface area contributed by atoms with Crippen molar-refractivity contribution in [2.75, 3.05) is 10.0 Å². The van der Waals surface area contributed by atoms with E-state index in [1.165, 1.54) is 24.5 Å². The van der Waals surface area contributed by atoms with Crippen molar-refractivity contribution in [3.8, 4) is 6.07 Å². The van der Waals surface area contributed by atoms with Crippen LogP contribution >= 0.6 is 0 Å². The molecule has 1 fully saturated rings. The van der Waals surface area contributed by atoms with Crippen LogP contribution < -0.4 is 10.0 Å². The number of aromatic nitrogens is 3. The molecule has 0 saturated heterocycles. The summed E-state index contributed by atoms with van der Waals surface area (Å²) in [6.07, 6.45) is 7.22. The predicted molar refractivity (Wildman–Crippen MR) is 130 cm³/mol. The number of pyridine rings is 1. The zero-order valence-electron chi connectivity index (χ0n) is 18.4. The molecule has 4 aromatic rings. The first-order valence-corrected chi connectivity index (χ1v) is 12.4. The lowest BCUT2D eigenvalue weighted by Crippen LogP contribution is -2.15. The number of rotatable bonds is 7. The maximum absolute atomic E-state index is 12.8. The number of carbonyl (C=O) groups excluding carboxylic acids is 1. The molecule has 10 heteroatoms. The van der Waals surface area contributed by atoms with Crippen molar-refractivity contribution in [3.05, 3.63) is 84.4 Å². The number of hydrogen-bond donors (Lipinski definition) is 2. The summed E-state index contributed by atoms with van der Waals surface area (Å²) in [5, 5.41) is 13.8. The third-order valence-corrected chi connectivity index (χ3v) is 7.26. The number of nitrogens with one attached hydrogen (secondary N) is 2. The van der Waals surface area contributed by atoms with Gasteiger partial charge in [-0.05, 0) is 59.2 Å². The summed E-state index contributed by atoms with van der Waals surface area (Å²) in [6.45, 7) is 0. The van der Waals surface area contributed by atoms with Gasteiger partial charge in [-0.1, -0.05) is 18.2 Å². The van der Waals surface area contributed by atoms with E-state index in [9.17, 15) is 13.2 Å². The number of nitrogens with zero attached hydrogens (tertiary/aromatic N) is 4. The summed E-state index contributed by atoms with van der Waals surface area (Å²) in [4.78, 5) is 24.8. The van der Waals surface area contributed by atoms with Crippen molar-refractivity contribution in [2.45, 2.75) is 23.7 Å². The van der Waals surface area contributed by atoms with E-state index in [4.69, 9.17) is 5.26 Å². The van der Waals surface area contributed by atoms with Gasteiger partial charge < -0.3 is 5.32 Å². The molecule has 5 rings (SSSR count). The summed E-state index contributed by atoms with van der Waals surface area (Å²) < 4.78 is 27.5. The summed E-state index contributed by atoms with van der Waals surface area (Å²) in [6, 6.07) is 15.8. The molecule has 2 aromatic heterocycles. The fourth-order valence-corrected chi connectivity index (χ4v) is 5.00. The third-order valence-electron chi connectivity index (χ3n) is 5.92. The van der Waals surface area contributed by atoms with Crippen molar-refractivity contribution in [1.29, 1.82) is 5.26 Å². The quantitative estimate of drug-likeness (QED) is 0.408. The average molecular weight is 485 g/mol. The van der Waals surface area contributed by atoms with Gasteiger partial charge in [0.05, 0.1) is 17.4 Å². The van der Waals surface area contributed by atoms with Crippen molar-refractivity contribution in [1.82, 2.24) is 15.0 Å². The largest absolute Gasteiger partial charge is 0.326 e. The molecule has 0 spiro atoms. The van der Waals surface area contributed by atoms with Gasteiger partial charge in [-0.15, -0.1) is 0 Å². The molecular weight excluding hydrogens is 464 g/mol. The summed E-state index contributed by atoms with van der Waals surface area (Å²) in [7, 11) is -3.81. The molecule has 9 nitrogen and oxygen atoms in total. The Balaban J connectivity index is 1.25. The van der Waals surface area contributed by atoms with Crippen molar-refractivity contribution < 1.29 is 13.2 Å². The van der Waals surface area contributed by atoms with Gasteiger partial charge in [-0.25, -0.2) is 23.1 Å². The first kappa shape index (κ1) is 22.4. The number of carbonyl (C=O) groups is 1. The van der Waals surface area contributed by atoms with Crippen molar-refractivity contribution >= 4 is 38.3 Å². The van der Waals surface area contributed by atoms with E-state index in [0.29, 0.717) is 12.1 Å². The Morgan fingerprint density at radius 3 is 2.60 bits per heavy atom. The van der Waals surface area contributed by atoms with E-state index >= 15 is 0 Å². The van der Waals surface area contributed by atoms with E-state index in [0.717, 1.165) is 21.9 Å². The first-order valence-electron chi connectivity index (χ1n) is 10.9. The maximum Gasteiger partial charge on any atom is 0.264 e. The summed E-state index contributed by atoms with van der Waals surface area (Å²) >= 11 is 0. The van der Waals surface area contributed by atoms with Gasteiger partial charge in [-0.3, -0.25) is 9.78 Å². The fraction of sp³-hybridized carbons (Fsp3) is 0.160. The lowest BCUT2D eigenvalue weighted by atomic mass is 10.0. The lowest BCUT2D eigenvalue weighted by Gasteiger charge is -2.09. The van der Waals surface area contributed by atoms with Gasteiger partial charge in [0.15, 0.2) is 0 Å². The van der Waals surface area contributed by atoms with E-state index < -0.39 is 10.0 Å². The molecule has 2 N–H and O–H groups in total. The van der Waals surface area contributed by atoms with Crippen LogP contribution in [0.1, 0.15) is 23.5 Å². The molecule has 1 aliphatic carbocycles. The average Bonchev–Trinajstić information content (AvgIpc) is 3.66. The predicted octanol–water partition coefficient (Wildman–Crippen LogP) is 3.63. The second-order valence-corrected chi connectivity index (χ2v) is 9.94. The topological polar surface area (TPSA) is 138 Å². The standard InChI is InChI=1S/C25H20N6O3S/c26-9-8-18-15-27-14-17-2-5-19(12-21(17)18)30-24(32)23-13-22(23)16-3-6-20(7-4-16)35(33,34)31-25-28-10-1-11-29-25/h1-7,10-12,14-15,22-23H,8,13H2,(H,30,32)(H,28,29,31)/t22-,23+/m0/s1. The molecule has 2 atom stereocenters. The molecule has 1 saturated carbocycles. The van der Waals surface area contributed by atoms with Gasteiger partial charge in [-0.2, -0.15) is 5.26 Å². The van der Waals surface area contributed by atoms with Gasteiger partial charge in [0.2, 0.25) is 11.9 Å². The van der Waals surface area contributed by atoms with Crippen LogP contribution in [-0.2, 0) is 21.2 Å². The highest BCUT2D eigenvalue weighted by molar-refractivity contribution is 7.92.